The molecule has 0 bridgehead atoms. The summed E-state index contributed by atoms with van der Waals surface area (Å²) in [4.78, 5) is 29.2. The lowest BCUT2D eigenvalue weighted by atomic mass is 10.1. The van der Waals surface area contributed by atoms with E-state index in [1.165, 1.54) is 17.0 Å². The number of sulfonamides is 1. The second-order valence-electron chi connectivity index (χ2n) is 10.3. The third-order valence-corrected chi connectivity index (χ3v) is 9.91. The first-order chi connectivity index (χ1) is 19.6. The molecule has 1 atom stereocenters. The van der Waals surface area contributed by atoms with Crippen LogP contribution in [0.1, 0.15) is 50.2 Å². The molecule has 0 radical (unpaired) electrons. The van der Waals surface area contributed by atoms with Gasteiger partial charge in [0.1, 0.15) is 12.6 Å². The lowest BCUT2D eigenvalue weighted by Gasteiger charge is -2.34. The Bertz CT molecular complexity index is 1440. The number of para-hydroxylation sites is 1. The lowest BCUT2D eigenvalue weighted by molar-refractivity contribution is -0.140. The number of carbonyl (C=O) groups is 2. The lowest BCUT2D eigenvalue weighted by Crippen LogP contribution is -2.53. The van der Waals surface area contributed by atoms with E-state index in [1.807, 2.05) is 13.8 Å². The number of anilines is 1. The van der Waals surface area contributed by atoms with Crippen molar-refractivity contribution in [2.75, 3.05) is 10.8 Å². The largest absolute Gasteiger partial charge is 0.352 e. The van der Waals surface area contributed by atoms with Crippen LogP contribution >= 0.6 is 23.2 Å². The number of hydrogen-bond acceptors (Lipinski definition) is 4. The summed E-state index contributed by atoms with van der Waals surface area (Å²) >= 11 is 13.0. The summed E-state index contributed by atoms with van der Waals surface area (Å²) in [6, 6.07) is 19.2. The zero-order valence-electron chi connectivity index (χ0n) is 23.2. The van der Waals surface area contributed by atoms with E-state index in [-0.39, 0.29) is 23.4 Å². The van der Waals surface area contributed by atoms with Gasteiger partial charge >= 0.3 is 0 Å². The van der Waals surface area contributed by atoms with Crippen LogP contribution in [0.5, 0.6) is 0 Å². The number of aryl methyl sites for hydroxylation is 1. The van der Waals surface area contributed by atoms with Gasteiger partial charge in [0.15, 0.2) is 0 Å². The van der Waals surface area contributed by atoms with Gasteiger partial charge in [0.2, 0.25) is 11.8 Å². The second kappa shape index (κ2) is 13.7. The van der Waals surface area contributed by atoms with Gasteiger partial charge in [0.05, 0.1) is 10.6 Å². The molecule has 1 unspecified atom stereocenters. The number of nitrogens with zero attached hydrogens (tertiary/aromatic N) is 2. The number of halogens is 2. The highest BCUT2D eigenvalue weighted by molar-refractivity contribution is 7.92. The van der Waals surface area contributed by atoms with E-state index >= 15 is 0 Å². The third-order valence-electron chi connectivity index (χ3n) is 7.41. The van der Waals surface area contributed by atoms with Gasteiger partial charge in [-0.05, 0) is 62.6 Å². The van der Waals surface area contributed by atoms with Crippen molar-refractivity contribution >= 4 is 50.7 Å². The molecule has 2 amide bonds. The first-order valence-corrected chi connectivity index (χ1v) is 16.0. The van der Waals surface area contributed by atoms with Crippen LogP contribution in [0.15, 0.2) is 77.7 Å². The van der Waals surface area contributed by atoms with E-state index in [2.05, 4.69) is 5.32 Å². The van der Waals surface area contributed by atoms with Crippen LogP contribution in [0.2, 0.25) is 10.0 Å². The Morgan fingerprint density at radius 1 is 0.927 bits per heavy atom. The maximum Gasteiger partial charge on any atom is 0.264 e. The van der Waals surface area contributed by atoms with E-state index in [1.54, 1.807) is 60.7 Å². The Balaban J connectivity index is 1.72. The van der Waals surface area contributed by atoms with Crippen molar-refractivity contribution in [3.8, 4) is 0 Å². The monoisotopic (exact) mass is 615 g/mol. The molecule has 0 aliphatic heterocycles. The molecule has 0 heterocycles. The Morgan fingerprint density at radius 3 is 2.12 bits per heavy atom. The van der Waals surface area contributed by atoms with Crippen molar-refractivity contribution in [1.29, 1.82) is 0 Å². The minimum absolute atomic E-state index is 0.0544. The Kier molecular flexibility index (Phi) is 10.3. The van der Waals surface area contributed by atoms with E-state index < -0.39 is 28.5 Å². The van der Waals surface area contributed by atoms with Gasteiger partial charge < -0.3 is 10.2 Å². The van der Waals surface area contributed by atoms with Crippen molar-refractivity contribution in [2.45, 2.75) is 69.5 Å². The summed E-state index contributed by atoms with van der Waals surface area (Å²) in [6.45, 7) is 3.12. The molecule has 41 heavy (non-hydrogen) atoms. The predicted octanol–water partition coefficient (Wildman–Crippen LogP) is 6.36. The molecular formula is C31H35Cl2N3O4S. The normalized spacial score (nSPS) is 14.4. The zero-order chi connectivity index (χ0) is 29.6. The van der Waals surface area contributed by atoms with Crippen LogP contribution in [0.4, 0.5) is 5.69 Å². The van der Waals surface area contributed by atoms with Gasteiger partial charge in [-0.25, -0.2) is 8.42 Å². The Hall–Kier alpha value is -3.07. The highest BCUT2D eigenvalue weighted by Gasteiger charge is 2.35. The molecule has 0 saturated heterocycles. The minimum atomic E-state index is -4.13. The van der Waals surface area contributed by atoms with Gasteiger partial charge in [-0.15, -0.1) is 0 Å². The topological polar surface area (TPSA) is 86.8 Å². The van der Waals surface area contributed by atoms with Crippen LogP contribution in [0.25, 0.3) is 0 Å². The van der Waals surface area contributed by atoms with Crippen molar-refractivity contribution in [1.82, 2.24) is 10.2 Å². The smallest absolute Gasteiger partial charge is 0.264 e. The minimum Gasteiger partial charge on any atom is -0.352 e. The molecule has 7 nitrogen and oxygen atoms in total. The quantitative estimate of drug-likeness (QED) is 0.272. The van der Waals surface area contributed by atoms with Crippen LogP contribution in [0.3, 0.4) is 0 Å². The standard InChI is InChI=1S/C31H35Cl2N3O4S/c1-3-29(31(38)34-23-10-7-8-11-23)35(20-26-27(32)14-9-15-28(26)33)30(37)21-36(24-12-5-4-6-13-24)41(39,40)25-18-16-22(2)17-19-25/h4-6,9,12-19,23,29H,3,7-8,10-11,20-21H2,1-2H3,(H,34,38). The molecule has 1 aliphatic carbocycles. The van der Waals surface area contributed by atoms with Crippen molar-refractivity contribution in [3.63, 3.8) is 0 Å². The molecule has 0 aromatic heterocycles. The third kappa shape index (κ3) is 7.42. The molecule has 1 fully saturated rings. The highest BCUT2D eigenvalue weighted by atomic mass is 35.5. The Labute approximate surface area is 252 Å². The van der Waals surface area contributed by atoms with E-state index in [4.69, 9.17) is 23.2 Å². The van der Waals surface area contributed by atoms with E-state index in [0.29, 0.717) is 27.7 Å². The van der Waals surface area contributed by atoms with Gasteiger partial charge in [0, 0.05) is 28.2 Å². The number of nitrogens with one attached hydrogen (secondary N) is 1. The summed E-state index contributed by atoms with van der Waals surface area (Å²) in [5.41, 5.74) is 1.73. The zero-order valence-corrected chi connectivity index (χ0v) is 25.6. The maximum absolute atomic E-state index is 14.2. The molecule has 3 aromatic rings. The average molecular weight is 617 g/mol. The summed E-state index contributed by atoms with van der Waals surface area (Å²) in [6.07, 6.45) is 4.19. The number of benzene rings is 3. The molecule has 10 heteroatoms. The summed E-state index contributed by atoms with van der Waals surface area (Å²) < 4.78 is 28.9. The molecule has 1 aliphatic rings. The second-order valence-corrected chi connectivity index (χ2v) is 13.0. The Morgan fingerprint density at radius 2 is 1.54 bits per heavy atom. The number of amides is 2. The van der Waals surface area contributed by atoms with E-state index in [0.717, 1.165) is 35.6 Å². The summed E-state index contributed by atoms with van der Waals surface area (Å²) in [5, 5.41) is 3.81. The fourth-order valence-corrected chi connectivity index (χ4v) is 7.03. The first kappa shape index (κ1) is 30.9. The van der Waals surface area contributed by atoms with Gasteiger partial charge in [-0.2, -0.15) is 0 Å². The SMILES string of the molecule is CCC(C(=O)NC1CCCC1)N(Cc1c(Cl)cccc1Cl)C(=O)CN(c1ccccc1)S(=O)(=O)c1ccc(C)cc1. The highest BCUT2D eigenvalue weighted by Crippen LogP contribution is 2.29. The van der Waals surface area contributed by atoms with Crippen LogP contribution in [-0.2, 0) is 26.2 Å². The van der Waals surface area contributed by atoms with Crippen molar-refractivity contribution < 1.29 is 18.0 Å². The predicted molar refractivity (Wildman–Crippen MR) is 164 cm³/mol. The van der Waals surface area contributed by atoms with Crippen LogP contribution in [-0.4, -0.2) is 43.8 Å². The molecule has 218 valence electrons. The molecular weight excluding hydrogens is 581 g/mol. The molecule has 4 rings (SSSR count). The van der Waals surface area contributed by atoms with Crippen molar-refractivity contribution in [2.24, 2.45) is 0 Å². The van der Waals surface area contributed by atoms with Crippen LogP contribution < -0.4 is 9.62 Å². The number of carbonyl (C=O) groups excluding carboxylic acids is 2. The molecule has 0 spiro atoms. The molecule has 1 N–H and O–H groups in total. The van der Waals surface area contributed by atoms with Crippen LogP contribution in [0, 0.1) is 6.92 Å². The van der Waals surface area contributed by atoms with E-state index in [9.17, 15) is 18.0 Å². The van der Waals surface area contributed by atoms with Gasteiger partial charge in [-0.1, -0.05) is 84.9 Å². The number of hydrogen-bond donors (Lipinski definition) is 1. The summed E-state index contributed by atoms with van der Waals surface area (Å²) in [7, 11) is -4.13. The first-order valence-electron chi connectivity index (χ1n) is 13.8. The fraction of sp³-hybridized carbons (Fsp3) is 0.355. The number of rotatable bonds is 11. The maximum atomic E-state index is 14.2. The molecule has 3 aromatic carbocycles. The van der Waals surface area contributed by atoms with Gasteiger partial charge in [-0.3, -0.25) is 13.9 Å². The fourth-order valence-electron chi connectivity index (χ4n) is 5.10. The average Bonchev–Trinajstić information content (AvgIpc) is 3.46. The van der Waals surface area contributed by atoms with Gasteiger partial charge in [0.25, 0.3) is 10.0 Å². The molecule has 1 saturated carbocycles. The summed E-state index contributed by atoms with van der Waals surface area (Å²) in [5.74, 6) is -0.822. The van der Waals surface area contributed by atoms with Crippen molar-refractivity contribution in [3.05, 3.63) is 94.0 Å².